The van der Waals surface area contributed by atoms with Gasteiger partial charge in [0.1, 0.15) is 21.5 Å². The molecule has 1 aliphatic heterocycles. The summed E-state index contributed by atoms with van der Waals surface area (Å²) < 4.78 is 34.3. The van der Waals surface area contributed by atoms with Gasteiger partial charge >= 0.3 is 5.97 Å². The molecule has 10 nitrogen and oxygen atoms in total. The molecule has 0 aromatic carbocycles. The summed E-state index contributed by atoms with van der Waals surface area (Å²) in [6, 6.07) is 5.30. The Kier molecular flexibility index (Phi) is 7.38. The van der Waals surface area contributed by atoms with Crippen LogP contribution in [0.4, 0.5) is 11.6 Å². The lowest BCUT2D eigenvalue weighted by atomic mass is 9.88. The molecule has 0 amide bonds. The Morgan fingerprint density at radius 2 is 2.00 bits per heavy atom. The van der Waals surface area contributed by atoms with Gasteiger partial charge in [-0.1, -0.05) is 13.8 Å². The Morgan fingerprint density at radius 1 is 1.24 bits per heavy atom. The van der Waals surface area contributed by atoms with Crippen LogP contribution < -0.4 is 15.8 Å². The van der Waals surface area contributed by atoms with Crippen LogP contribution in [0.1, 0.15) is 68.1 Å². The minimum absolute atomic E-state index is 0.0106. The minimum atomic E-state index is -3.10. The number of nitrogens with one attached hydrogen (secondary N) is 1. The number of cyclic esters (lactones) is 1. The summed E-state index contributed by atoms with van der Waals surface area (Å²) in [4.78, 5) is 25.8. The standard InChI is InChI=1S/C26H33N5O5S/c1-6-26(4,27)20-13-29-24(36-16(3)9-10-37(5,33)34)19-12-28-22(11-18(19)20)30-21-8-7-17-23(31-21)15(2)14-35-25(17)32/h7-8,11-13,15-16H,6,9-10,14,27H2,1-5H3,(H,28,30,31)/t15-,16+,26+/m0/s1. The molecule has 198 valence electrons. The van der Waals surface area contributed by atoms with Crippen molar-refractivity contribution < 1.29 is 22.7 Å². The molecule has 37 heavy (non-hydrogen) atoms. The number of anilines is 2. The van der Waals surface area contributed by atoms with Crippen LogP contribution >= 0.6 is 0 Å². The van der Waals surface area contributed by atoms with Gasteiger partial charge < -0.3 is 20.5 Å². The van der Waals surface area contributed by atoms with E-state index < -0.39 is 15.4 Å². The SMILES string of the molecule is CC[C@@](C)(N)c1cnc(O[C@H](C)CCS(C)(=O)=O)c2cnc(Nc3ccc4c(n3)[C@@H](C)COC4=O)cc12. The first-order valence-electron chi connectivity index (χ1n) is 12.3. The van der Waals surface area contributed by atoms with Crippen molar-refractivity contribution in [1.82, 2.24) is 15.0 Å². The number of nitrogens with zero attached hydrogens (tertiary/aromatic N) is 3. The summed E-state index contributed by atoms with van der Waals surface area (Å²) in [6.45, 7) is 8.02. The van der Waals surface area contributed by atoms with Crippen molar-refractivity contribution in [3.05, 3.63) is 47.4 Å². The zero-order valence-corrected chi connectivity index (χ0v) is 22.6. The first kappa shape index (κ1) is 26.7. The highest BCUT2D eigenvalue weighted by molar-refractivity contribution is 7.90. The molecule has 0 saturated carbocycles. The van der Waals surface area contributed by atoms with E-state index >= 15 is 0 Å². The van der Waals surface area contributed by atoms with E-state index in [-0.39, 0.29) is 23.7 Å². The Labute approximate surface area is 216 Å². The highest BCUT2D eigenvalue weighted by Gasteiger charge is 2.27. The number of hydrogen-bond donors (Lipinski definition) is 2. The van der Waals surface area contributed by atoms with Crippen LogP contribution in [0.15, 0.2) is 30.6 Å². The third kappa shape index (κ3) is 5.99. The molecule has 3 atom stereocenters. The van der Waals surface area contributed by atoms with E-state index in [2.05, 4.69) is 20.3 Å². The van der Waals surface area contributed by atoms with Crippen LogP contribution in [0.25, 0.3) is 10.8 Å². The molecule has 0 spiro atoms. The number of nitrogens with two attached hydrogens (primary N) is 1. The molecule has 0 bridgehead atoms. The zero-order valence-electron chi connectivity index (χ0n) is 21.7. The summed E-state index contributed by atoms with van der Waals surface area (Å²) in [7, 11) is -3.10. The lowest BCUT2D eigenvalue weighted by molar-refractivity contribution is 0.0445. The molecular formula is C26H33N5O5S. The summed E-state index contributed by atoms with van der Waals surface area (Å²) >= 11 is 0. The van der Waals surface area contributed by atoms with Crippen LogP contribution in [-0.4, -0.2) is 54.1 Å². The molecule has 3 aromatic rings. The summed E-state index contributed by atoms with van der Waals surface area (Å²) in [5.74, 6) is 1.11. The van der Waals surface area contributed by atoms with E-state index in [1.807, 2.05) is 33.8 Å². The van der Waals surface area contributed by atoms with Gasteiger partial charge in [0, 0.05) is 30.1 Å². The Hall–Kier alpha value is -3.31. The second-order valence-corrected chi connectivity index (χ2v) is 12.2. The summed E-state index contributed by atoms with van der Waals surface area (Å²) in [6.07, 6.45) is 5.24. The largest absolute Gasteiger partial charge is 0.474 e. The molecule has 3 N–H and O–H groups in total. The molecule has 0 aliphatic carbocycles. The first-order valence-corrected chi connectivity index (χ1v) is 14.3. The maximum absolute atomic E-state index is 12.1. The molecular weight excluding hydrogens is 494 g/mol. The second kappa shape index (κ2) is 10.2. The molecule has 0 unspecified atom stereocenters. The summed E-state index contributed by atoms with van der Waals surface area (Å²) in [5, 5.41) is 4.73. The van der Waals surface area contributed by atoms with Crippen LogP contribution in [0.5, 0.6) is 5.88 Å². The average Bonchev–Trinajstić information content (AvgIpc) is 2.84. The summed E-state index contributed by atoms with van der Waals surface area (Å²) in [5.41, 5.74) is 7.96. The molecule has 4 rings (SSSR count). The molecule has 0 fully saturated rings. The minimum Gasteiger partial charge on any atom is -0.474 e. The predicted molar refractivity (Wildman–Crippen MR) is 142 cm³/mol. The van der Waals surface area contributed by atoms with Crippen molar-refractivity contribution in [2.24, 2.45) is 5.73 Å². The third-order valence-electron chi connectivity index (χ3n) is 6.63. The van der Waals surface area contributed by atoms with Crippen LogP contribution in [-0.2, 0) is 20.1 Å². The monoisotopic (exact) mass is 527 g/mol. The Morgan fingerprint density at radius 3 is 2.70 bits per heavy atom. The van der Waals surface area contributed by atoms with Crippen molar-refractivity contribution in [3.8, 4) is 5.88 Å². The van der Waals surface area contributed by atoms with E-state index in [0.29, 0.717) is 53.6 Å². The fourth-order valence-corrected chi connectivity index (χ4v) is 4.89. The van der Waals surface area contributed by atoms with Crippen LogP contribution in [0.2, 0.25) is 0 Å². The van der Waals surface area contributed by atoms with E-state index in [1.54, 1.807) is 24.5 Å². The average molecular weight is 528 g/mol. The third-order valence-corrected chi connectivity index (χ3v) is 7.60. The van der Waals surface area contributed by atoms with Gasteiger partial charge in [-0.2, -0.15) is 0 Å². The maximum atomic E-state index is 12.1. The van der Waals surface area contributed by atoms with Gasteiger partial charge in [-0.05, 0) is 55.8 Å². The van der Waals surface area contributed by atoms with E-state index in [1.165, 1.54) is 6.26 Å². The predicted octanol–water partition coefficient (Wildman–Crippen LogP) is 3.83. The number of aromatic nitrogens is 3. The maximum Gasteiger partial charge on any atom is 0.340 e. The number of carbonyl (C=O) groups is 1. The van der Waals surface area contributed by atoms with Gasteiger partial charge in [0.25, 0.3) is 0 Å². The van der Waals surface area contributed by atoms with Crippen molar-refractivity contribution in [3.63, 3.8) is 0 Å². The molecule has 0 radical (unpaired) electrons. The van der Waals surface area contributed by atoms with Gasteiger partial charge in [-0.25, -0.2) is 28.2 Å². The van der Waals surface area contributed by atoms with E-state index in [0.717, 1.165) is 10.9 Å². The number of pyridine rings is 3. The van der Waals surface area contributed by atoms with Crippen molar-refractivity contribution in [1.29, 1.82) is 0 Å². The van der Waals surface area contributed by atoms with E-state index in [4.69, 9.17) is 15.2 Å². The molecule has 11 heteroatoms. The number of sulfone groups is 1. The number of fused-ring (bicyclic) bond motifs is 2. The van der Waals surface area contributed by atoms with Gasteiger partial charge in [0.05, 0.1) is 35.1 Å². The first-order chi connectivity index (χ1) is 17.4. The second-order valence-electron chi connectivity index (χ2n) is 9.96. The van der Waals surface area contributed by atoms with Crippen molar-refractivity contribution in [2.45, 2.75) is 58.1 Å². The van der Waals surface area contributed by atoms with Crippen LogP contribution in [0.3, 0.4) is 0 Å². The van der Waals surface area contributed by atoms with Crippen molar-refractivity contribution >= 4 is 38.2 Å². The topological polar surface area (TPSA) is 146 Å². The number of hydrogen-bond acceptors (Lipinski definition) is 10. The van der Waals surface area contributed by atoms with Crippen LogP contribution in [0, 0.1) is 0 Å². The quantitative estimate of drug-likeness (QED) is 0.394. The fraction of sp³-hybridized carbons (Fsp3) is 0.462. The van der Waals surface area contributed by atoms with Gasteiger partial charge in [0.15, 0.2) is 0 Å². The highest BCUT2D eigenvalue weighted by atomic mass is 32.2. The fourth-order valence-electron chi connectivity index (χ4n) is 4.13. The number of rotatable bonds is 9. The molecule has 1 aliphatic rings. The number of esters is 1. The smallest absolute Gasteiger partial charge is 0.340 e. The van der Waals surface area contributed by atoms with Gasteiger partial charge in [-0.15, -0.1) is 0 Å². The number of carbonyl (C=O) groups excluding carboxylic acids is 1. The van der Waals surface area contributed by atoms with Gasteiger partial charge in [-0.3, -0.25) is 0 Å². The highest BCUT2D eigenvalue weighted by Crippen LogP contribution is 2.35. The lowest BCUT2D eigenvalue weighted by Gasteiger charge is -2.26. The lowest BCUT2D eigenvalue weighted by Crippen LogP contribution is -2.32. The molecule has 3 aromatic heterocycles. The van der Waals surface area contributed by atoms with Gasteiger partial charge in [0.2, 0.25) is 5.88 Å². The normalized spacial score (nSPS) is 18.0. The molecule has 4 heterocycles. The number of ether oxygens (including phenoxy) is 2. The van der Waals surface area contributed by atoms with E-state index in [9.17, 15) is 13.2 Å². The molecule has 0 saturated heterocycles. The zero-order chi connectivity index (χ0) is 27.0. The van der Waals surface area contributed by atoms with Crippen molar-refractivity contribution in [2.75, 3.05) is 23.9 Å². The Bertz CT molecular complexity index is 1440. The Balaban J connectivity index is 1.70.